The lowest BCUT2D eigenvalue weighted by molar-refractivity contribution is 0.0951. The van der Waals surface area contributed by atoms with E-state index in [1.807, 2.05) is 0 Å². The summed E-state index contributed by atoms with van der Waals surface area (Å²) in [6, 6.07) is 3.44. The Kier molecular flexibility index (Phi) is 6.25. The monoisotopic (exact) mass is 235 g/mol. The third-order valence-corrected chi connectivity index (χ3v) is 2.77. The van der Waals surface area contributed by atoms with Gasteiger partial charge in [0, 0.05) is 24.5 Å². The van der Waals surface area contributed by atoms with Gasteiger partial charge in [0.15, 0.2) is 0 Å². The predicted octanol–water partition coefficient (Wildman–Crippen LogP) is 1.54. The Morgan fingerprint density at radius 1 is 1.29 bits per heavy atom. The smallest absolute Gasteiger partial charge is 0.251 e. The minimum Gasteiger partial charge on any atom is -0.352 e. The van der Waals surface area contributed by atoms with E-state index >= 15 is 0 Å². The summed E-state index contributed by atoms with van der Waals surface area (Å²) in [5.74, 6) is -0.0213. The van der Waals surface area contributed by atoms with E-state index in [2.05, 4.69) is 29.0 Å². The number of aromatic nitrogens is 1. The van der Waals surface area contributed by atoms with E-state index in [1.54, 1.807) is 24.5 Å². The molecular weight excluding hydrogens is 214 g/mol. The first-order chi connectivity index (χ1) is 8.27. The molecule has 0 bridgehead atoms. The SMILES string of the molecule is CCN(CC)CCCNC(=O)c1ccncc1. The highest BCUT2D eigenvalue weighted by Crippen LogP contribution is 1.96. The minimum atomic E-state index is -0.0213. The van der Waals surface area contributed by atoms with E-state index < -0.39 is 0 Å². The van der Waals surface area contributed by atoms with Crippen molar-refractivity contribution in [3.8, 4) is 0 Å². The number of rotatable bonds is 7. The van der Waals surface area contributed by atoms with Gasteiger partial charge in [-0.2, -0.15) is 0 Å². The van der Waals surface area contributed by atoms with Gasteiger partial charge in [-0.1, -0.05) is 13.8 Å². The van der Waals surface area contributed by atoms with Crippen LogP contribution in [-0.2, 0) is 0 Å². The lowest BCUT2D eigenvalue weighted by atomic mass is 10.2. The van der Waals surface area contributed by atoms with Gasteiger partial charge < -0.3 is 10.2 Å². The van der Waals surface area contributed by atoms with Gasteiger partial charge in [-0.25, -0.2) is 0 Å². The molecule has 0 atom stereocenters. The second-order valence-electron chi connectivity index (χ2n) is 3.87. The molecule has 1 amide bonds. The zero-order chi connectivity index (χ0) is 12.5. The molecule has 4 nitrogen and oxygen atoms in total. The Morgan fingerprint density at radius 3 is 2.53 bits per heavy atom. The lowest BCUT2D eigenvalue weighted by Crippen LogP contribution is -2.29. The van der Waals surface area contributed by atoms with Crippen molar-refractivity contribution in [3.63, 3.8) is 0 Å². The average Bonchev–Trinajstić information content (AvgIpc) is 2.40. The van der Waals surface area contributed by atoms with Crippen LogP contribution in [-0.4, -0.2) is 42.0 Å². The first-order valence-corrected chi connectivity index (χ1v) is 6.18. The number of nitrogens with zero attached hydrogens (tertiary/aromatic N) is 2. The first-order valence-electron chi connectivity index (χ1n) is 6.18. The predicted molar refractivity (Wildman–Crippen MR) is 69.0 cm³/mol. The fraction of sp³-hybridized carbons (Fsp3) is 0.538. The van der Waals surface area contributed by atoms with Crippen LogP contribution >= 0.6 is 0 Å². The molecule has 4 heteroatoms. The fourth-order valence-electron chi connectivity index (χ4n) is 1.65. The Labute approximate surface area is 103 Å². The molecule has 1 rings (SSSR count). The number of hydrogen-bond acceptors (Lipinski definition) is 3. The van der Waals surface area contributed by atoms with Gasteiger partial charge in [0.2, 0.25) is 0 Å². The molecule has 1 heterocycles. The summed E-state index contributed by atoms with van der Waals surface area (Å²) in [4.78, 5) is 17.9. The van der Waals surface area contributed by atoms with Crippen LogP contribution < -0.4 is 5.32 Å². The summed E-state index contributed by atoms with van der Waals surface area (Å²) >= 11 is 0. The summed E-state index contributed by atoms with van der Waals surface area (Å²) in [7, 11) is 0. The maximum absolute atomic E-state index is 11.7. The van der Waals surface area contributed by atoms with Gasteiger partial charge in [0.05, 0.1) is 0 Å². The van der Waals surface area contributed by atoms with Crippen molar-refractivity contribution in [2.24, 2.45) is 0 Å². The maximum Gasteiger partial charge on any atom is 0.251 e. The van der Waals surface area contributed by atoms with Gasteiger partial charge in [-0.05, 0) is 38.2 Å². The van der Waals surface area contributed by atoms with Crippen LogP contribution in [0.4, 0.5) is 0 Å². The van der Waals surface area contributed by atoms with Gasteiger partial charge in [-0.15, -0.1) is 0 Å². The zero-order valence-electron chi connectivity index (χ0n) is 10.6. The van der Waals surface area contributed by atoms with Gasteiger partial charge in [0.25, 0.3) is 5.91 Å². The van der Waals surface area contributed by atoms with Crippen molar-refractivity contribution < 1.29 is 4.79 Å². The van der Waals surface area contributed by atoms with Crippen LogP contribution in [0.15, 0.2) is 24.5 Å². The lowest BCUT2D eigenvalue weighted by Gasteiger charge is -2.17. The number of carbonyl (C=O) groups excluding carboxylic acids is 1. The summed E-state index contributed by atoms with van der Waals surface area (Å²) < 4.78 is 0. The molecule has 0 unspecified atom stereocenters. The molecule has 17 heavy (non-hydrogen) atoms. The molecule has 0 aromatic carbocycles. The van der Waals surface area contributed by atoms with Crippen molar-refractivity contribution >= 4 is 5.91 Å². The normalized spacial score (nSPS) is 10.5. The quantitative estimate of drug-likeness (QED) is 0.729. The summed E-state index contributed by atoms with van der Waals surface area (Å²) in [6.07, 6.45) is 4.24. The Balaban J connectivity index is 2.21. The van der Waals surface area contributed by atoms with Crippen LogP contribution in [0.1, 0.15) is 30.6 Å². The summed E-state index contributed by atoms with van der Waals surface area (Å²) in [5, 5.41) is 2.91. The molecule has 0 fully saturated rings. The molecule has 0 aliphatic rings. The number of amides is 1. The van der Waals surface area contributed by atoms with Crippen molar-refractivity contribution in [1.29, 1.82) is 0 Å². The molecule has 0 saturated carbocycles. The number of carbonyl (C=O) groups is 1. The third kappa shape index (κ3) is 4.95. The van der Waals surface area contributed by atoms with E-state index in [-0.39, 0.29) is 5.91 Å². The summed E-state index contributed by atoms with van der Waals surface area (Å²) in [5.41, 5.74) is 0.669. The molecule has 0 aliphatic carbocycles. The minimum absolute atomic E-state index is 0.0213. The highest BCUT2D eigenvalue weighted by atomic mass is 16.1. The van der Waals surface area contributed by atoms with E-state index in [0.717, 1.165) is 32.6 Å². The van der Waals surface area contributed by atoms with E-state index in [0.29, 0.717) is 5.56 Å². The molecule has 0 aliphatic heterocycles. The van der Waals surface area contributed by atoms with Gasteiger partial charge in [-0.3, -0.25) is 9.78 Å². The largest absolute Gasteiger partial charge is 0.352 e. The van der Waals surface area contributed by atoms with Gasteiger partial charge in [0.1, 0.15) is 0 Å². The van der Waals surface area contributed by atoms with Crippen LogP contribution in [0.3, 0.4) is 0 Å². The molecule has 1 aromatic heterocycles. The Morgan fingerprint density at radius 2 is 1.94 bits per heavy atom. The van der Waals surface area contributed by atoms with E-state index in [4.69, 9.17) is 0 Å². The molecule has 0 saturated heterocycles. The number of pyridine rings is 1. The second-order valence-corrected chi connectivity index (χ2v) is 3.87. The highest BCUT2D eigenvalue weighted by Gasteiger charge is 2.04. The zero-order valence-corrected chi connectivity index (χ0v) is 10.6. The molecule has 94 valence electrons. The van der Waals surface area contributed by atoms with Crippen molar-refractivity contribution in [2.45, 2.75) is 20.3 Å². The van der Waals surface area contributed by atoms with E-state index in [1.165, 1.54) is 0 Å². The maximum atomic E-state index is 11.7. The van der Waals surface area contributed by atoms with Crippen molar-refractivity contribution in [3.05, 3.63) is 30.1 Å². The summed E-state index contributed by atoms with van der Waals surface area (Å²) in [6.45, 7) is 8.18. The van der Waals surface area contributed by atoms with Crippen molar-refractivity contribution in [1.82, 2.24) is 15.2 Å². The van der Waals surface area contributed by atoms with Crippen LogP contribution in [0.25, 0.3) is 0 Å². The molecular formula is C13H21N3O. The third-order valence-electron chi connectivity index (χ3n) is 2.77. The van der Waals surface area contributed by atoms with Crippen LogP contribution in [0.5, 0.6) is 0 Å². The second kappa shape index (κ2) is 7.79. The number of hydrogen-bond donors (Lipinski definition) is 1. The highest BCUT2D eigenvalue weighted by molar-refractivity contribution is 5.93. The fourth-order valence-corrected chi connectivity index (χ4v) is 1.65. The topological polar surface area (TPSA) is 45.2 Å². The van der Waals surface area contributed by atoms with Crippen molar-refractivity contribution in [2.75, 3.05) is 26.2 Å². The molecule has 1 aromatic rings. The standard InChI is InChI=1S/C13H21N3O/c1-3-16(4-2)11-5-8-15-13(17)12-6-9-14-10-7-12/h6-7,9-10H,3-5,8,11H2,1-2H3,(H,15,17). The molecule has 1 N–H and O–H groups in total. The average molecular weight is 235 g/mol. The Bertz CT molecular complexity index is 323. The van der Waals surface area contributed by atoms with Gasteiger partial charge >= 0.3 is 0 Å². The Hall–Kier alpha value is -1.42. The van der Waals surface area contributed by atoms with E-state index in [9.17, 15) is 4.79 Å². The molecule has 0 spiro atoms. The molecule has 0 radical (unpaired) electrons. The van der Waals surface area contributed by atoms with Crippen LogP contribution in [0.2, 0.25) is 0 Å². The van der Waals surface area contributed by atoms with Crippen LogP contribution in [0, 0.1) is 0 Å². The number of nitrogens with one attached hydrogen (secondary N) is 1. The first kappa shape index (κ1) is 13.6.